The molecule has 30 heavy (non-hydrogen) atoms. The number of rotatable bonds is 2. The minimum atomic E-state index is -0.223. The van der Waals surface area contributed by atoms with Gasteiger partial charge in [0.05, 0.1) is 30.3 Å². The average molecular weight is 401 g/mol. The Balaban J connectivity index is 1.50. The fourth-order valence-corrected chi connectivity index (χ4v) is 3.52. The van der Waals surface area contributed by atoms with Gasteiger partial charge in [-0.3, -0.25) is 14.5 Å². The van der Waals surface area contributed by atoms with Crippen molar-refractivity contribution >= 4 is 16.7 Å². The number of nitrogens with one attached hydrogen (secondary N) is 1. The number of fused-ring (bicyclic) bond motifs is 4. The SMILES string of the molecule is O=c1c2cnc3nc(-c4ccc5c(c4)OCCCO5)nn3c2ccn1-c1ccn[nH]1. The van der Waals surface area contributed by atoms with Crippen molar-refractivity contribution in [1.29, 1.82) is 0 Å². The molecule has 0 aliphatic carbocycles. The van der Waals surface area contributed by atoms with E-state index in [0.29, 0.717) is 53.0 Å². The monoisotopic (exact) mass is 401 g/mol. The highest BCUT2D eigenvalue weighted by molar-refractivity contribution is 5.79. The molecular formula is C20H15N7O3. The van der Waals surface area contributed by atoms with Gasteiger partial charge >= 0.3 is 0 Å². The van der Waals surface area contributed by atoms with Crippen LogP contribution < -0.4 is 15.0 Å². The van der Waals surface area contributed by atoms with Crippen molar-refractivity contribution < 1.29 is 9.47 Å². The predicted octanol–water partition coefficient (Wildman–Crippen LogP) is 1.98. The number of aromatic amines is 1. The zero-order chi connectivity index (χ0) is 20.1. The molecule has 0 radical (unpaired) electrons. The Morgan fingerprint density at radius 2 is 1.97 bits per heavy atom. The lowest BCUT2D eigenvalue weighted by atomic mass is 10.2. The fraction of sp³-hybridized carbons (Fsp3) is 0.150. The number of benzene rings is 1. The Kier molecular flexibility index (Phi) is 3.57. The van der Waals surface area contributed by atoms with Crippen LogP contribution in [0.5, 0.6) is 11.5 Å². The number of hydrogen-bond donors (Lipinski definition) is 1. The minimum absolute atomic E-state index is 0.223. The molecule has 10 nitrogen and oxygen atoms in total. The van der Waals surface area contributed by atoms with Crippen molar-refractivity contribution in [2.75, 3.05) is 13.2 Å². The van der Waals surface area contributed by atoms with Crippen LogP contribution in [0, 0.1) is 0 Å². The zero-order valence-corrected chi connectivity index (χ0v) is 15.6. The molecule has 0 saturated carbocycles. The van der Waals surface area contributed by atoms with Crippen molar-refractivity contribution in [3.8, 4) is 28.7 Å². The summed E-state index contributed by atoms with van der Waals surface area (Å²) in [5, 5.41) is 11.7. The summed E-state index contributed by atoms with van der Waals surface area (Å²) in [5.74, 6) is 2.85. The number of pyridine rings is 1. The van der Waals surface area contributed by atoms with Gasteiger partial charge in [0, 0.05) is 30.4 Å². The summed E-state index contributed by atoms with van der Waals surface area (Å²) in [6, 6.07) is 9.13. The van der Waals surface area contributed by atoms with Gasteiger partial charge in [0.25, 0.3) is 11.3 Å². The summed E-state index contributed by atoms with van der Waals surface area (Å²) in [4.78, 5) is 21.8. The molecule has 1 aromatic carbocycles. The van der Waals surface area contributed by atoms with Gasteiger partial charge in [0.1, 0.15) is 5.82 Å². The topological polar surface area (TPSA) is 112 Å². The summed E-state index contributed by atoms with van der Waals surface area (Å²) >= 11 is 0. The Labute approximate surface area is 168 Å². The second-order valence-corrected chi connectivity index (χ2v) is 6.85. The third kappa shape index (κ3) is 2.54. The lowest BCUT2D eigenvalue weighted by Gasteiger charge is -2.07. The van der Waals surface area contributed by atoms with Crippen molar-refractivity contribution in [1.82, 2.24) is 34.3 Å². The Morgan fingerprint density at radius 3 is 2.83 bits per heavy atom. The van der Waals surface area contributed by atoms with Gasteiger partial charge in [-0.15, -0.1) is 5.10 Å². The largest absolute Gasteiger partial charge is 0.490 e. The molecule has 0 spiro atoms. The van der Waals surface area contributed by atoms with E-state index >= 15 is 0 Å². The van der Waals surface area contributed by atoms with Crippen molar-refractivity contribution in [2.24, 2.45) is 0 Å². The molecule has 0 unspecified atom stereocenters. The molecule has 1 aliphatic rings. The predicted molar refractivity (Wildman–Crippen MR) is 107 cm³/mol. The van der Waals surface area contributed by atoms with E-state index in [-0.39, 0.29) is 5.56 Å². The fourth-order valence-electron chi connectivity index (χ4n) is 3.52. The average Bonchev–Trinajstić information content (AvgIpc) is 3.39. The van der Waals surface area contributed by atoms with E-state index in [0.717, 1.165) is 12.0 Å². The van der Waals surface area contributed by atoms with Crippen LogP contribution in [0.1, 0.15) is 6.42 Å². The smallest absolute Gasteiger partial charge is 0.267 e. The zero-order valence-electron chi connectivity index (χ0n) is 15.6. The summed E-state index contributed by atoms with van der Waals surface area (Å²) in [5.41, 5.74) is 1.18. The van der Waals surface area contributed by atoms with Crippen LogP contribution in [0.4, 0.5) is 0 Å². The molecule has 0 fully saturated rings. The van der Waals surface area contributed by atoms with Gasteiger partial charge in [0.15, 0.2) is 17.3 Å². The molecule has 5 heterocycles. The highest BCUT2D eigenvalue weighted by Gasteiger charge is 2.16. The summed E-state index contributed by atoms with van der Waals surface area (Å²) < 4.78 is 14.5. The van der Waals surface area contributed by atoms with Crippen LogP contribution in [0.3, 0.4) is 0 Å². The first-order valence-corrected chi connectivity index (χ1v) is 9.45. The summed E-state index contributed by atoms with van der Waals surface area (Å²) in [7, 11) is 0. The maximum absolute atomic E-state index is 12.9. The molecule has 6 rings (SSSR count). The van der Waals surface area contributed by atoms with Crippen LogP contribution in [0.15, 0.2) is 53.7 Å². The van der Waals surface area contributed by atoms with Crippen molar-refractivity contribution in [3.05, 3.63) is 59.3 Å². The summed E-state index contributed by atoms with van der Waals surface area (Å²) in [6.07, 6.45) is 5.62. The third-order valence-electron chi connectivity index (χ3n) is 4.99. The molecular weight excluding hydrogens is 386 g/mol. The number of hydrogen-bond acceptors (Lipinski definition) is 7. The molecule has 1 aliphatic heterocycles. The van der Waals surface area contributed by atoms with Crippen LogP contribution in [0.25, 0.3) is 33.9 Å². The molecule has 4 aromatic heterocycles. The van der Waals surface area contributed by atoms with E-state index < -0.39 is 0 Å². The van der Waals surface area contributed by atoms with E-state index in [2.05, 4.69) is 25.3 Å². The lowest BCUT2D eigenvalue weighted by molar-refractivity contribution is 0.297. The summed E-state index contributed by atoms with van der Waals surface area (Å²) in [6.45, 7) is 1.23. The first kappa shape index (κ1) is 16.7. The molecule has 0 atom stereocenters. The standard InChI is InChI=1S/C20H15N7O3/c28-19-13-11-21-20-23-18(12-2-3-15-16(10-12)30-9-1-8-29-15)25-27(20)14(13)5-7-26(19)17-4-6-22-24-17/h2-7,10-11H,1,8-9H2,(H,22,24). The van der Waals surface area contributed by atoms with Gasteiger partial charge in [0.2, 0.25) is 0 Å². The lowest BCUT2D eigenvalue weighted by Crippen LogP contribution is -2.19. The molecule has 0 bridgehead atoms. The molecule has 148 valence electrons. The van der Waals surface area contributed by atoms with E-state index in [4.69, 9.17) is 9.47 Å². The number of H-pyrrole nitrogens is 1. The van der Waals surface area contributed by atoms with E-state index in [1.54, 1.807) is 29.0 Å². The quantitative estimate of drug-likeness (QED) is 0.481. The first-order chi connectivity index (χ1) is 14.8. The Morgan fingerprint density at radius 1 is 1.07 bits per heavy atom. The molecule has 1 N–H and O–H groups in total. The van der Waals surface area contributed by atoms with Crippen molar-refractivity contribution in [2.45, 2.75) is 6.42 Å². The molecule has 0 saturated heterocycles. The van der Waals surface area contributed by atoms with E-state index in [1.165, 1.54) is 10.8 Å². The van der Waals surface area contributed by atoms with E-state index in [1.807, 2.05) is 18.2 Å². The van der Waals surface area contributed by atoms with Crippen LogP contribution in [-0.2, 0) is 0 Å². The normalized spacial score (nSPS) is 13.6. The molecule has 5 aromatic rings. The maximum atomic E-state index is 12.9. The maximum Gasteiger partial charge on any atom is 0.267 e. The van der Waals surface area contributed by atoms with Crippen molar-refractivity contribution in [3.63, 3.8) is 0 Å². The second kappa shape index (κ2) is 6.41. The van der Waals surface area contributed by atoms with Gasteiger partial charge in [-0.1, -0.05) is 0 Å². The Hall–Kier alpha value is -4.21. The highest BCUT2D eigenvalue weighted by atomic mass is 16.5. The number of ether oxygens (including phenoxy) is 2. The van der Waals surface area contributed by atoms with Gasteiger partial charge < -0.3 is 9.47 Å². The van der Waals surface area contributed by atoms with Crippen LogP contribution in [0.2, 0.25) is 0 Å². The Bertz CT molecular complexity index is 1450. The third-order valence-corrected chi connectivity index (χ3v) is 4.99. The number of aromatic nitrogens is 7. The van der Waals surface area contributed by atoms with Crippen LogP contribution >= 0.6 is 0 Å². The molecule has 10 heteroatoms. The first-order valence-electron chi connectivity index (χ1n) is 9.45. The van der Waals surface area contributed by atoms with Gasteiger partial charge in [-0.2, -0.15) is 14.6 Å². The van der Waals surface area contributed by atoms with Crippen LogP contribution in [-0.4, -0.2) is 47.6 Å². The minimum Gasteiger partial charge on any atom is -0.490 e. The van der Waals surface area contributed by atoms with Gasteiger partial charge in [-0.25, -0.2) is 4.98 Å². The van der Waals surface area contributed by atoms with E-state index in [9.17, 15) is 4.79 Å². The van der Waals surface area contributed by atoms with Gasteiger partial charge in [-0.05, 0) is 24.3 Å². The highest BCUT2D eigenvalue weighted by Crippen LogP contribution is 2.33. The molecule has 0 amide bonds. The number of nitrogens with zero attached hydrogens (tertiary/aromatic N) is 6. The second-order valence-electron chi connectivity index (χ2n) is 6.85.